The molecule has 2 atom stereocenters. The van der Waals surface area contributed by atoms with E-state index in [4.69, 9.17) is 18.9 Å². The third-order valence-corrected chi connectivity index (χ3v) is 8.44. The first-order valence-corrected chi connectivity index (χ1v) is 15.8. The molecule has 2 unspecified atom stereocenters. The maximum atomic E-state index is 12.7. The first-order valence-electron chi connectivity index (χ1n) is 15.8. The number of nitrogens with one attached hydrogen (secondary N) is 1. The van der Waals surface area contributed by atoms with Crippen molar-refractivity contribution < 1.29 is 23.7 Å². The number of para-hydroxylation sites is 1. The van der Waals surface area contributed by atoms with Crippen LogP contribution in [0.1, 0.15) is 60.3 Å². The lowest BCUT2D eigenvalue weighted by Crippen LogP contribution is -2.41. The predicted octanol–water partition coefficient (Wildman–Crippen LogP) is 6.21. The number of methoxy groups -OCH3 is 1. The molecule has 2 aliphatic rings. The van der Waals surface area contributed by atoms with E-state index in [1.807, 2.05) is 23.1 Å². The Morgan fingerprint density at radius 1 is 0.907 bits per heavy atom. The van der Waals surface area contributed by atoms with Crippen LogP contribution >= 0.6 is 0 Å². The van der Waals surface area contributed by atoms with Crippen LogP contribution in [-0.4, -0.2) is 58.6 Å². The number of benzene rings is 3. The summed E-state index contributed by atoms with van der Waals surface area (Å²) in [5.74, 6) is 2.36. The zero-order valence-electron chi connectivity index (χ0n) is 25.7. The van der Waals surface area contributed by atoms with Crippen LogP contribution in [0, 0.1) is 6.92 Å². The minimum Gasteiger partial charge on any atom is -0.494 e. The van der Waals surface area contributed by atoms with Crippen LogP contribution in [0.5, 0.6) is 11.5 Å². The summed E-state index contributed by atoms with van der Waals surface area (Å²) in [6.07, 6.45) is 5.19. The molecule has 0 aromatic heterocycles. The van der Waals surface area contributed by atoms with Gasteiger partial charge < -0.3 is 29.2 Å². The van der Waals surface area contributed by atoms with E-state index in [1.54, 1.807) is 7.11 Å². The van der Waals surface area contributed by atoms with E-state index < -0.39 is 0 Å². The van der Waals surface area contributed by atoms with Crippen molar-refractivity contribution >= 4 is 11.6 Å². The van der Waals surface area contributed by atoms with Gasteiger partial charge >= 0.3 is 0 Å². The first kappa shape index (κ1) is 31.0. The van der Waals surface area contributed by atoms with E-state index in [1.165, 1.54) is 11.1 Å². The molecule has 2 aliphatic heterocycles. The first-order chi connectivity index (χ1) is 21.1. The fourth-order valence-corrected chi connectivity index (χ4v) is 5.98. The molecule has 5 rings (SSSR count). The topological polar surface area (TPSA) is 69.3 Å². The van der Waals surface area contributed by atoms with Gasteiger partial charge in [-0.3, -0.25) is 4.79 Å². The number of unbranched alkanes of at least 4 members (excludes halogenated alkanes) is 1. The fraction of sp³-hybridized carbons (Fsp3) is 0.472. The summed E-state index contributed by atoms with van der Waals surface area (Å²) in [6, 6.07) is 23.1. The third kappa shape index (κ3) is 8.59. The van der Waals surface area contributed by atoms with Crippen molar-refractivity contribution in [3.05, 3.63) is 89.0 Å². The highest BCUT2D eigenvalue weighted by molar-refractivity contribution is 5.96. The monoisotopic (exact) mass is 586 g/mol. The van der Waals surface area contributed by atoms with Gasteiger partial charge in [0.2, 0.25) is 5.91 Å². The number of carbonyl (C=O) groups excluding carboxylic acids is 1. The number of amides is 1. The molecule has 1 saturated heterocycles. The van der Waals surface area contributed by atoms with E-state index in [9.17, 15) is 4.79 Å². The summed E-state index contributed by atoms with van der Waals surface area (Å²) >= 11 is 0. The maximum Gasteiger partial charge on any atom is 0.227 e. The predicted molar refractivity (Wildman–Crippen MR) is 170 cm³/mol. The zero-order chi connectivity index (χ0) is 29.9. The summed E-state index contributed by atoms with van der Waals surface area (Å²) < 4.78 is 23.6. The van der Waals surface area contributed by atoms with Crippen LogP contribution in [0.25, 0.3) is 0 Å². The smallest absolute Gasteiger partial charge is 0.227 e. The molecule has 3 aromatic rings. The van der Waals surface area contributed by atoms with Gasteiger partial charge in [0.1, 0.15) is 11.5 Å². The SMILES string of the molecule is COCCCN1C(=O)CCc2ccc(COC3CNCCC3c3ccc(OCCCCOc4ccccc4C)cc3)cc21. The van der Waals surface area contributed by atoms with Crippen LogP contribution in [0.4, 0.5) is 5.69 Å². The third-order valence-electron chi connectivity index (χ3n) is 8.44. The zero-order valence-corrected chi connectivity index (χ0v) is 25.7. The van der Waals surface area contributed by atoms with Crippen molar-refractivity contribution in [3.8, 4) is 11.5 Å². The highest BCUT2D eigenvalue weighted by Crippen LogP contribution is 2.32. The summed E-state index contributed by atoms with van der Waals surface area (Å²) in [6.45, 7) is 7.08. The van der Waals surface area contributed by atoms with Gasteiger partial charge in [0, 0.05) is 44.8 Å². The van der Waals surface area contributed by atoms with E-state index in [0.717, 1.165) is 73.5 Å². The second-order valence-electron chi connectivity index (χ2n) is 11.5. The summed E-state index contributed by atoms with van der Waals surface area (Å²) in [7, 11) is 1.70. The molecular weight excluding hydrogens is 540 g/mol. The summed E-state index contributed by atoms with van der Waals surface area (Å²) in [5.41, 5.74) is 5.81. The van der Waals surface area contributed by atoms with Crippen molar-refractivity contribution in [2.24, 2.45) is 0 Å². The second-order valence-corrected chi connectivity index (χ2v) is 11.5. The van der Waals surface area contributed by atoms with Crippen molar-refractivity contribution in [2.45, 2.75) is 64.1 Å². The van der Waals surface area contributed by atoms with Crippen LogP contribution < -0.4 is 19.7 Å². The van der Waals surface area contributed by atoms with E-state index in [2.05, 4.69) is 60.8 Å². The van der Waals surface area contributed by atoms with Crippen LogP contribution in [-0.2, 0) is 27.3 Å². The molecule has 0 bridgehead atoms. The molecule has 0 spiro atoms. The van der Waals surface area contributed by atoms with Gasteiger partial charge in [-0.25, -0.2) is 0 Å². The van der Waals surface area contributed by atoms with Gasteiger partial charge in [0.25, 0.3) is 0 Å². The van der Waals surface area contributed by atoms with E-state index >= 15 is 0 Å². The number of hydrogen-bond donors (Lipinski definition) is 1. The maximum absolute atomic E-state index is 12.7. The van der Waals surface area contributed by atoms with E-state index in [0.29, 0.717) is 45.3 Å². The normalized spacial score (nSPS) is 18.4. The largest absolute Gasteiger partial charge is 0.494 e. The molecule has 7 nitrogen and oxygen atoms in total. The van der Waals surface area contributed by atoms with Crippen LogP contribution in [0.15, 0.2) is 66.7 Å². The number of anilines is 1. The molecule has 7 heteroatoms. The minimum absolute atomic E-state index is 0.0734. The average molecular weight is 587 g/mol. The van der Waals surface area contributed by atoms with E-state index in [-0.39, 0.29) is 12.0 Å². The number of aryl methyl sites for hydroxylation is 2. The molecule has 2 heterocycles. The lowest BCUT2D eigenvalue weighted by atomic mass is 9.87. The number of piperidine rings is 1. The quantitative estimate of drug-likeness (QED) is 0.214. The highest BCUT2D eigenvalue weighted by atomic mass is 16.5. The molecule has 3 aromatic carbocycles. The number of fused-ring (bicyclic) bond motifs is 1. The molecule has 0 aliphatic carbocycles. The van der Waals surface area contributed by atoms with Crippen molar-refractivity contribution in [3.63, 3.8) is 0 Å². The van der Waals surface area contributed by atoms with Gasteiger partial charge in [-0.2, -0.15) is 0 Å². The molecule has 1 fully saturated rings. The number of carbonyl (C=O) groups is 1. The Morgan fingerprint density at radius 2 is 1.72 bits per heavy atom. The van der Waals surface area contributed by atoms with Gasteiger partial charge in [-0.1, -0.05) is 42.5 Å². The van der Waals surface area contributed by atoms with Crippen LogP contribution in [0.2, 0.25) is 0 Å². The Balaban J connectivity index is 1.10. The lowest BCUT2D eigenvalue weighted by molar-refractivity contribution is -0.118. The van der Waals surface area contributed by atoms with Crippen LogP contribution in [0.3, 0.4) is 0 Å². The average Bonchev–Trinajstić information content (AvgIpc) is 3.04. The molecule has 0 radical (unpaired) electrons. The molecule has 0 saturated carbocycles. The summed E-state index contributed by atoms with van der Waals surface area (Å²) in [4.78, 5) is 14.6. The van der Waals surface area contributed by atoms with Crippen molar-refractivity contribution in [1.82, 2.24) is 5.32 Å². The van der Waals surface area contributed by atoms with Gasteiger partial charge in [0.05, 0.1) is 25.9 Å². The number of ether oxygens (including phenoxy) is 4. The highest BCUT2D eigenvalue weighted by Gasteiger charge is 2.28. The second kappa shape index (κ2) is 15.9. The molecule has 43 heavy (non-hydrogen) atoms. The standard InChI is InChI=1S/C36H46N2O5/c1-27-8-3-4-9-34(27)42-23-6-5-22-41-31-15-12-29(13-16-31)32-18-19-37-25-35(32)43-26-28-10-11-30-14-17-36(39)38(33(30)24-28)20-7-21-40-2/h3-4,8-13,15-16,24,32,35,37H,5-7,14,17-23,25-26H2,1-2H3. The Labute approximate surface area is 256 Å². The Hall–Kier alpha value is -3.39. The Kier molecular flexibility index (Phi) is 11.5. The number of rotatable bonds is 15. The molecular formula is C36H46N2O5. The Morgan fingerprint density at radius 3 is 2.53 bits per heavy atom. The van der Waals surface area contributed by atoms with Crippen molar-refractivity contribution in [2.75, 3.05) is 51.5 Å². The fourth-order valence-electron chi connectivity index (χ4n) is 5.98. The molecule has 230 valence electrons. The number of hydrogen-bond acceptors (Lipinski definition) is 6. The van der Waals surface area contributed by atoms with Gasteiger partial charge in [-0.05, 0) is 92.1 Å². The molecule has 1 N–H and O–H groups in total. The van der Waals surface area contributed by atoms with Gasteiger partial charge in [-0.15, -0.1) is 0 Å². The minimum atomic E-state index is 0.0734. The van der Waals surface area contributed by atoms with Gasteiger partial charge in [0.15, 0.2) is 0 Å². The number of nitrogens with zero attached hydrogens (tertiary/aromatic N) is 1. The van der Waals surface area contributed by atoms with Crippen molar-refractivity contribution in [1.29, 1.82) is 0 Å². The molecule has 1 amide bonds. The lowest BCUT2D eigenvalue weighted by Gasteiger charge is -2.33. The Bertz CT molecular complexity index is 1310. The summed E-state index contributed by atoms with van der Waals surface area (Å²) in [5, 5.41) is 3.51.